The van der Waals surface area contributed by atoms with Gasteiger partial charge in [-0.15, -0.1) is 5.10 Å². The van der Waals surface area contributed by atoms with E-state index in [2.05, 4.69) is 41.4 Å². The molecule has 0 N–H and O–H groups in total. The first-order valence-electron chi connectivity index (χ1n) is 9.24. The maximum absolute atomic E-state index is 12.7. The van der Waals surface area contributed by atoms with E-state index in [9.17, 15) is 4.79 Å². The number of amides is 1. The molecule has 1 fully saturated rings. The van der Waals surface area contributed by atoms with Gasteiger partial charge in [-0.2, -0.15) is 5.10 Å². The van der Waals surface area contributed by atoms with E-state index in [0.717, 1.165) is 16.5 Å². The van der Waals surface area contributed by atoms with Crippen molar-refractivity contribution in [1.29, 1.82) is 0 Å². The normalized spacial score (nSPS) is 18.6. The number of hydrogen-bond donors (Lipinski definition) is 0. The van der Waals surface area contributed by atoms with Crippen molar-refractivity contribution in [2.24, 2.45) is 10.2 Å². The van der Waals surface area contributed by atoms with E-state index in [1.165, 1.54) is 22.7 Å². The molecular formula is C23H21N3OS. The fourth-order valence-corrected chi connectivity index (χ4v) is 4.13. The third kappa shape index (κ3) is 3.85. The van der Waals surface area contributed by atoms with E-state index >= 15 is 0 Å². The van der Waals surface area contributed by atoms with Crippen LogP contribution in [0.4, 0.5) is 0 Å². The van der Waals surface area contributed by atoms with E-state index in [1.807, 2.05) is 49.4 Å². The number of amidine groups is 1. The highest BCUT2D eigenvalue weighted by molar-refractivity contribution is 8.15. The lowest BCUT2D eigenvalue weighted by molar-refractivity contribution is -0.126. The Bertz CT molecular complexity index is 1070. The third-order valence-corrected chi connectivity index (χ3v) is 5.83. The highest BCUT2D eigenvalue weighted by atomic mass is 32.2. The van der Waals surface area contributed by atoms with Gasteiger partial charge >= 0.3 is 0 Å². The van der Waals surface area contributed by atoms with Crippen LogP contribution in [-0.2, 0) is 11.3 Å². The predicted molar refractivity (Wildman–Crippen MR) is 118 cm³/mol. The van der Waals surface area contributed by atoms with Gasteiger partial charge in [-0.25, -0.2) is 0 Å². The Hall–Kier alpha value is -2.92. The molecule has 4 rings (SSSR count). The van der Waals surface area contributed by atoms with Gasteiger partial charge in [0.2, 0.25) is 5.91 Å². The fraction of sp³-hybridized carbons (Fsp3) is 0.174. The number of carbonyl (C=O) groups is 1. The molecule has 0 bridgehead atoms. The molecule has 140 valence electrons. The molecule has 5 heteroatoms. The number of benzene rings is 3. The van der Waals surface area contributed by atoms with Crippen molar-refractivity contribution in [2.75, 3.05) is 0 Å². The molecule has 1 aliphatic rings. The van der Waals surface area contributed by atoms with Crippen LogP contribution in [0.5, 0.6) is 0 Å². The minimum atomic E-state index is -0.150. The Morgan fingerprint density at radius 1 is 1.04 bits per heavy atom. The van der Waals surface area contributed by atoms with Gasteiger partial charge in [0.05, 0.1) is 18.0 Å². The topological polar surface area (TPSA) is 45.0 Å². The van der Waals surface area contributed by atoms with Crippen molar-refractivity contribution in [3.63, 3.8) is 0 Å². The fourth-order valence-electron chi connectivity index (χ4n) is 3.21. The van der Waals surface area contributed by atoms with Crippen LogP contribution in [0.3, 0.4) is 0 Å². The Morgan fingerprint density at radius 3 is 2.61 bits per heavy atom. The van der Waals surface area contributed by atoms with Gasteiger partial charge < -0.3 is 0 Å². The van der Waals surface area contributed by atoms with Crippen LogP contribution >= 0.6 is 11.8 Å². The van der Waals surface area contributed by atoms with Gasteiger partial charge in [-0.05, 0) is 35.7 Å². The van der Waals surface area contributed by atoms with E-state index in [4.69, 9.17) is 0 Å². The van der Waals surface area contributed by atoms with Gasteiger partial charge in [0.1, 0.15) is 0 Å². The van der Waals surface area contributed by atoms with Crippen LogP contribution in [0.1, 0.15) is 23.6 Å². The molecule has 28 heavy (non-hydrogen) atoms. The van der Waals surface area contributed by atoms with Gasteiger partial charge in [0.25, 0.3) is 0 Å². The molecule has 3 aromatic carbocycles. The molecule has 0 aromatic heterocycles. The molecule has 1 saturated heterocycles. The third-order valence-electron chi connectivity index (χ3n) is 4.76. The lowest BCUT2D eigenvalue weighted by Gasteiger charge is -2.17. The highest BCUT2D eigenvalue weighted by Gasteiger charge is 2.35. The molecule has 4 nitrogen and oxygen atoms in total. The summed E-state index contributed by atoms with van der Waals surface area (Å²) in [6.07, 6.45) is 1.72. The van der Waals surface area contributed by atoms with Crippen LogP contribution < -0.4 is 0 Å². The zero-order valence-electron chi connectivity index (χ0n) is 15.9. The maximum atomic E-state index is 12.7. The second kappa shape index (κ2) is 7.98. The molecule has 0 spiro atoms. The molecule has 1 aliphatic heterocycles. The monoisotopic (exact) mass is 387 g/mol. The summed E-state index contributed by atoms with van der Waals surface area (Å²) in [5.74, 6) is 0.0715. The lowest BCUT2D eigenvalue weighted by Crippen LogP contribution is -2.30. The molecule has 0 radical (unpaired) electrons. The Labute approximate surface area is 169 Å². The van der Waals surface area contributed by atoms with Crippen LogP contribution in [0, 0.1) is 6.92 Å². The summed E-state index contributed by atoms with van der Waals surface area (Å²) in [6.45, 7) is 4.46. The van der Waals surface area contributed by atoms with Crippen molar-refractivity contribution in [1.82, 2.24) is 4.90 Å². The second-order valence-corrected chi connectivity index (χ2v) is 8.17. The number of aryl methyl sites for hydroxylation is 1. The SMILES string of the molecule is Cc1ccc(/C=N\N=C2/S[C@@H](C)C(=O)N2Cc2cccc3ccccc23)cc1. The largest absolute Gasteiger partial charge is 0.284 e. The minimum absolute atomic E-state index is 0.0715. The number of nitrogens with zero attached hydrogens (tertiary/aromatic N) is 3. The van der Waals surface area contributed by atoms with Crippen LogP contribution in [0.25, 0.3) is 10.8 Å². The number of fused-ring (bicyclic) bond motifs is 1. The number of thioether (sulfide) groups is 1. The predicted octanol–water partition coefficient (Wildman–Crippen LogP) is 5.00. The summed E-state index contributed by atoms with van der Waals surface area (Å²) in [5, 5.41) is 11.4. The van der Waals surface area contributed by atoms with E-state index in [1.54, 1.807) is 11.1 Å². The maximum Gasteiger partial charge on any atom is 0.242 e. The van der Waals surface area contributed by atoms with E-state index in [0.29, 0.717) is 11.7 Å². The average molecular weight is 388 g/mol. The van der Waals surface area contributed by atoms with Gasteiger partial charge in [-0.3, -0.25) is 9.69 Å². The smallest absolute Gasteiger partial charge is 0.242 e. The molecule has 1 heterocycles. The molecule has 1 atom stereocenters. The van der Waals surface area contributed by atoms with Crippen molar-refractivity contribution in [3.05, 3.63) is 83.4 Å². The zero-order valence-corrected chi connectivity index (χ0v) is 16.7. The van der Waals surface area contributed by atoms with E-state index < -0.39 is 0 Å². The summed E-state index contributed by atoms with van der Waals surface area (Å²) >= 11 is 1.46. The first-order chi connectivity index (χ1) is 13.6. The molecule has 0 saturated carbocycles. The van der Waals surface area contributed by atoms with Crippen LogP contribution in [0.15, 0.2) is 76.9 Å². The quantitative estimate of drug-likeness (QED) is 0.467. The summed E-state index contributed by atoms with van der Waals surface area (Å²) in [6, 6.07) is 22.5. The van der Waals surface area contributed by atoms with Crippen molar-refractivity contribution < 1.29 is 4.79 Å². The van der Waals surface area contributed by atoms with Crippen molar-refractivity contribution >= 4 is 39.8 Å². The molecule has 3 aromatic rings. The van der Waals surface area contributed by atoms with Crippen molar-refractivity contribution in [2.45, 2.75) is 25.6 Å². The molecule has 0 unspecified atom stereocenters. The van der Waals surface area contributed by atoms with Crippen molar-refractivity contribution in [3.8, 4) is 0 Å². The number of carbonyl (C=O) groups excluding carboxylic acids is 1. The van der Waals surface area contributed by atoms with Gasteiger partial charge in [0, 0.05) is 0 Å². The van der Waals surface area contributed by atoms with Crippen LogP contribution in [-0.4, -0.2) is 27.4 Å². The summed E-state index contributed by atoms with van der Waals surface area (Å²) in [5.41, 5.74) is 3.30. The van der Waals surface area contributed by atoms with Crippen LogP contribution in [0.2, 0.25) is 0 Å². The van der Waals surface area contributed by atoms with Gasteiger partial charge in [-0.1, -0.05) is 84.1 Å². The summed E-state index contributed by atoms with van der Waals surface area (Å²) < 4.78 is 0. The molecular weight excluding hydrogens is 366 g/mol. The summed E-state index contributed by atoms with van der Waals surface area (Å²) in [4.78, 5) is 14.4. The molecule has 0 aliphatic carbocycles. The second-order valence-electron chi connectivity index (χ2n) is 6.86. The summed E-state index contributed by atoms with van der Waals surface area (Å²) in [7, 11) is 0. The highest BCUT2D eigenvalue weighted by Crippen LogP contribution is 2.30. The number of hydrogen-bond acceptors (Lipinski definition) is 4. The average Bonchev–Trinajstić information content (AvgIpc) is 2.97. The van der Waals surface area contributed by atoms with E-state index in [-0.39, 0.29) is 11.2 Å². The lowest BCUT2D eigenvalue weighted by atomic mass is 10.0. The zero-order chi connectivity index (χ0) is 19.5. The first-order valence-corrected chi connectivity index (χ1v) is 10.1. The number of rotatable bonds is 4. The van der Waals surface area contributed by atoms with Gasteiger partial charge in [0.15, 0.2) is 5.17 Å². The Kier molecular flexibility index (Phi) is 5.26. The molecule has 1 amide bonds. The Balaban J connectivity index is 1.60. The first kappa shape index (κ1) is 18.4. The standard InChI is InChI=1S/C23H21N3OS/c1-16-10-12-18(13-11-16)14-24-25-23-26(22(27)17(2)28-23)15-20-8-5-7-19-6-3-4-9-21(19)20/h3-14,17H,15H2,1-2H3/b24-14-,25-23-/t17-/m0/s1. The minimum Gasteiger partial charge on any atom is -0.284 e. The Morgan fingerprint density at radius 2 is 1.79 bits per heavy atom.